The summed E-state index contributed by atoms with van der Waals surface area (Å²) in [6.45, 7) is 4.35. The van der Waals surface area contributed by atoms with Gasteiger partial charge in [0.05, 0.1) is 6.54 Å². The molecule has 22 heavy (non-hydrogen) atoms. The molecule has 0 radical (unpaired) electrons. The highest BCUT2D eigenvalue weighted by Crippen LogP contribution is 2.37. The second-order valence-corrected chi connectivity index (χ2v) is 8.31. The Balaban J connectivity index is 1.64. The SMILES string of the molecule is CC1CCCCC1CC(NC1=NCCN1)C1CCCC(Cl)C1. The standard InChI is InChI=1S/C18H32ClN3/c1-13-5-2-3-6-14(13)12-17(22-18-20-9-10-21-18)15-7-4-8-16(19)11-15/h13-17H,2-12H2,1H3,(H2,20,21,22). The smallest absolute Gasteiger partial charge is 0.191 e. The van der Waals surface area contributed by atoms with Gasteiger partial charge in [-0.25, -0.2) is 0 Å². The minimum atomic E-state index is 0.380. The molecule has 2 saturated carbocycles. The fourth-order valence-corrected chi connectivity index (χ4v) is 5.02. The fraction of sp³-hybridized carbons (Fsp3) is 0.944. The van der Waals surface area contributed by atoms with Crippen molar-refractivity contribution in [3.8, 4) is 0 Å². The van der Waals surface area contributed by atoms with E-state index < -0.39 is 0 Å². The predicted octanol–water partition coefficient (Wildman–Crippen LogP) is 3.92. The Morgan fingerprint density at radius 3 is 2.82 bits per heavy atom. The van der Waals surface area contributed by atoms with E-state index in [0.717, 1.165) is 36.8 Å². The third-order valence-electron chi connectivity index (χ3n) is 6.06. The van der Waals surface area contributed by atoms with Crippen LogP contribution in [0.3, 0.4) is 0 Å². The van der Waals surface area contributed by atoms with Crippen LogP contribution in [0.4, 0.5) is 0 Å². The van der Waals surface area contributed by atoms with Crippen LogP contribution in [-0.4, -0.2) is 30.5 Å². The molecular formula is C18H32ClN3. The molecule has 1 heterocycles. The normalized spacial score (nSPS) is 37.3. The number of guanidine groups is 1. The molecule has 2 fully saturated rings. The van der Waals surface area contributed by atoms with E-state index in [1.165, 1.54) is 57.8 Å². The lowest BCUT2D eigenvalue weighted by molar-refractivity contribution is 0.186. The van der Waals surface area contributed by atoms with Crippen molar-refractivity contribution in [3.05, 3.63) is 0 Å². The lowest BCUT2D eigenvalue weighted by Gasteiger charge is -2.38. The summed E-state index contributed by atoms with van der Waals surface area (Å²) in [7, 11) is 0. The molecule has 2 aliphatic carbocycles. The predicted molar refractivity (Wildman–Crippen MR) is 94.6 cm³/mol. The quantitative estimate of drug-likeness (QED) is 0.769. The lowest BCUT2D eigenvalue weighted by atomic mass is 9.73. The van der Waals surface area contributed by atoms with Crippen LogP contribution in [0.2, 0.25) is 0 Å². The number of nitrogens with zero attached hydrogens (tertiary/aromatic N) is 1. The molecule has 0 aromatic rings. The van der Waals surface area contributed by atoms with Gasteiger partial charge in [-0.15, -0.1) is 11.6 Å². The Kier molecular flexibility index (Phi) is 5.89. The Morgan fingerprint density at radius 2 is 2.09 bits per heavy atom. The number of nitrogens with one attached hydrogen (secondary N) is 2. The monoisotopic (exact) mass is 325 g/mol. The molecule has 0 aromatic heterocycles. The molecule has 0 amide bonds. The van der Waals surface area contributed by atoms with Gasteiger partial charge in [0.15, 0.2) is 5.96 Å². The Bertz CT molecular complexity index is 385. The third kappa shape index (κ3) is 4.31. The van der Waals surface area contributed by atoms with Crippen molar-refractivity contribution in [2.24, 2.45) is 22.7 Å². The molecule has 1 aliphatic heterocycles. The van der Waals surface area contributed by atoms with Crippen molar-refractivity contribution < 1.29 is 0 Å². The van der Waals surface area contributed by atoms with Crippen LogP contribution >= 0.6 is 11.6 Å². The molecule has 3 rings (SSSR count). The van der Waals surface area contributed by atoms with E-state index in [-0.39, 0.29) is 0 Å². The van der Waals surface area contributed by atoms with Gasteiger partial charge < -0.3 is 10.6 Å². The number of rotatable bonds is 4. The first-order valence-electron chi connectivity index (χ1n) is 9.41. The number of alkyl halides is 1. The zero-order valence-corrected chi connectivity index (χ0v) is 14.7. The molecular weight excluding hydrogens is 294 g/mol. The molecule has 0 bridgehead atoms. The van der Waals surface area contributed by atoms with Gasteiger partial charge in [0.2, 0.25) is 0 Å². The summed E-state index contributed by atoms with van der Waals surface area (Å²) in [6, 6.07) is 0.552. The molecule has 5 atom stereocenters. The van der Waals surface area contributed by atoms with Crippen LogP contribution in [0.25, 0.3) is 0 Å². The second kappa shape index (κ2) is 7.90. The summed E-state index contributed by atoms with van der Waals surface area (Å²) in [5.74, 6) is 3.51. The van der Waals surface area contributed by atoms with Crippen molar-refractivity contribution in [1.29, 1.82) is 0 Å². The van der Waals surface area contributed by atoms with E-state index in [1.54, 1.807) is 0 Å². The number of aliphatic imine (C=N–C) groups is 1. The van der Waals surface area contributed by atoms with Crippen LogP contribution in [0.1, 0.15) is 64.7 Å². The van der Waals surface area contributed by atoms with Crippen LogP contribution in [-0.2, 0) is 0 Å². The summed E-state index contributed by atoms with van der Waals surface area (Å²) in [4.78, 5) is 4.56. The summed E-state index contributed by atoms with van der Waals surface area (Å²) in [5, 5.41) is 7.53. The van der Waals surface area contributed by atoms with Crippen molar-refractivity contribution in [1.82, 2.24) is 10.6 Å². The zero-order chi connectivity index (χ0) is 15.4. The fourth-order valence-electron chi connectivity index (χ4n) is 4.64. The van der Waals surface area contributed by atoms with Crippen LogP contribution < -0.4 is 10.6 Å². The molecule has 0 aromatic carbocycles. The first kappa shape index (κ1) is 16.4. The highest BCUT2D eigenvalue weighted by molar-refractivity contribution is 6.20. The molecule has 5 unspecified atom stereocenters. The number of hydrogen-bond acceptors (Lipinski definition) is 3. The van der Waals surface area contributed by atoms with Gasteiger partial charge >= 0.3 is 0 Å². The van der Waals surface area contributed by atoms with E-state index in [4.69, 9.17) is 11.6 Å². The van der Waals surface area contributed by atoms with E-state index >= 15 is 0 Å². The molecule has 3 nitrogen and oxygen atoms in total. The van der Waals surface area contributed by atoms with E-state index in [0.29, 0.717) is 11.4 Å². The van der Waals surface area contributed by atoms with Crippen molar-refractivity contribution in [2.75, 3.05) is 13.1 Å². The maximum absolute atomic E-state index is 6.47. The Labute approximate surface area is 140 Å². The maximum Gasteiger partial charge on any atom is 0.191 e. The van der Waals surface area contributed by atoms with Gasteiger partial charge in [-0.3, -0.25) is 4.99 Å². The van der Waals surface area contributed by atoms with Crippen LogP contribution in [0.5, 0.6) is 0 Å². The van der Waals surface area contributed by atoms with E-state index in [9.17, 15) is 0 Å². The van der Waals surface area contributed by atoms with Gasteiger partial charge in [-0.2, -0.15) is 0 Å². The highest BCUT2D eigenvalue weighted by atomic mass is 35.5. The molecule has 0 saturated heterocycles. The average Bonchev–Trinajstić information content (AvgIpc) is 3.02. The first-order valence-corrected chi connectivity index (χ1v) is 9.85. The largest absolute Gasteiger partial charge is 0.355 e. The van der Waals surface area contributed by atoms with Crippen LogP contribution in [0.15, 0.2) is 4.99 Å². The van der Waals surface area contributed by atoms with Crippen molar-refractivity contribution in [2.45, 2.75) is 76.1 Å². The highest BCUT2D eigenvalue weighted by Gasteiger charge is 2.32. The Hall–Kier alpha value is -0.440. The second-order valence-electron chi connectivity index (χ2n) is 7.69. The first-order chi connectivity index (χ1) is 10.7. The summed E-state index contributed by atoms with van der Waals surface area (Å²) in [6.07, 6.45) is 12.0. The molecule has 2 N–H and O–H groups in total. The molecule has 126 valence electrons. The van der Waals surface area contributed by atoms with Gasteiger partial charge in [0.25, 0.3) is 0 Å². The van der Waals surface area contributed by atoms with E-state index in [2.05, 4.69) is 22.5 Å². The van der Waals surface area contributed by atoms with Gasteiger partial charge in [0, 0.05) is 18.0 Å². The maximum atomic E-state index is 6.47. The molecule has 4 heteroatoms. The van der Waals surface area contributed by atoms with Gasteiger partial charge in [0.1, 0.15) is 0 Å². The minimum Gasteiger partial charge on any atom is -0.355 e. The van der Waals surface area contributed by atoms with Crippen LogP contribution in [0, 0.1) is 17.8 Å². The molecule has 3 aliphatic rings. The zero-order valence-electron chi connectivity index (χ0n) is 14.0. The van der Waals surface area contributed by atoms with E-state index in [1.807, 2.05) is 0 Å². The average molecular weight is 326 g/mol. The van der Waals surface area contributed by atoms with Gasteiger partial charge in [-0.05, 0) is 43.4 Å². The topological polar surface area (TPSA) is 36.4 Å². The Morgan fingerprint density at radius 1 is 1.23 bits per heavy atom. The number of halogens is 1. The molecule has 0 spiro atoms. The minimum absolute atomic E-state index is 0.380. The lowest BCUT2D eigenvalue weighted by Crippen LogP contribution is -2.47. The third-order valence-corrected chi connectivity index (χ3v) is 6.46. The summed E-state index contributed by atoms with van der Waals surface area (Å²) < 4.78 is 0. The van der Waals surface area contributed by atoms with Gasteiger partial charge in [-0.1, -0.05) is 39.0 Å². The van der Waals surface area contributed by atoms with Crippen molar-refractivity contribution >= 4 is 17.6 Å². The summed E-state index contributed by atoms with van der Waals surface area (Å²) in [5.41, 5.74) is 0. The van der Waals surface area contributed by atoms with Crippen molar-refractivity contribution in [3.63, 3.8) is 0 Å². The summed E-state index contributed by atoms with van der Waals surface area (Å²) >= 11 is 6.47. The number of hydrogen-bond donors (Lipinski definition) is 2.